The number of pyridine rings is 1. The third kappa shape index (κ3) is 2.67. The Labute approximate surface area is 118 Å². The topological polar surface area (TPSA) is 37.3 Å². The highest BCUT2D eigenvalue weighted by Gasteiger charge is 1.96. The van der Waals surface area contributed by atoms with Crippen LogP contribution in [0.3, 0.4) is 0 Å². The second kappa shape index (κ2) is 5.53. The van der Waals surface area contributed by atoms with E-state index >= 15 is 0 Å². The number of hydrogen-bond donors (Lipinski definition) is 1. The van der Waals surface area contributed by atoms with Crippen LogP contribution in [0.2, 0.25) is 0 Å². The van der Waals surface area contributed by atoms with Crippen molar-refractivity contribution in [3.8, 4) is 0 Å². The molecule has 0 unspecified atom stereocenters. The Morgan fingerprint density at radius 1 is 0.950 bits per heavy atom. The van der Waals surface area contributed by atoms with Crippen LogP contribution in [0.5, 0.6) is 0 Å². The van der Waals surface area contributed by atoms with Gasteiger partial charge in [0.15, 0.2) is 0 Å². The third-order valence-electron chi connectivity index (χ3n) is 3.17. The molecule has 0 radical (unpaired) electrons. The molecular formula is C17H15N3. The van der Waals surface area contributed by atoms with E-state index in [4.69, 9.17) is 0 Å². The number of nitrogens with zero attached hydrogens (tertiary/aromatic N) is 2. The minimum Gasteiger partial charge on any atom is -0.261 e. The summed E-state index contributed by atoms with van der Waals surface area (Å²) in [5, 5.41) is 5.37. The van der Waals surface area contributed by atoms with Crippen LogP contribution in [0.15, 0.2) is 65.8 Å². The van der Waals surface area contributed by atoms with Crippen molar-refractivity contribution >= 4 is 22.9 Å². The first-order valence-corrected chi connectivity index (χ1v) is 6.53. The third-order valence-corrected chi connectivity index (χ3v) is 3.17. The quantitative estimate of drug-likeness (QED) is 0.571. The van der Waals surface area contributed by atoms with Crippen molar-refractivity contribution in [3.05, 3.63) is 71.8 Å². The van der Waals surface area contributed by atoms with E-state index in [0.29, 0.717) is 0 Å². The van der Waals surface area contributed by atoms with Gasteiger partial charge >= 0.3 is 0 Å². The summed E-state index contributed by atoms with van der Waals surface area (Å²) < 4.78 is 0. The SMILES string of the molecule is Cc1ccccc1/C=N/Nc1ccc2ccccc2n1. The fraction of sp³-hybridized carbons (Fsp3) is 0.0588. The molecule has 3 nitrogen and oxygen atoms in total. The van der Waals surface area contributed by atoms with Gasteiger partial charge in [0, 0.05) is 5.39 Å². The highest BCUT2D eigenvalue weighted by Crippen LogP contribution is 2.14. The molecule has 1 N–H and O–H groups in total. The molecule has 0 fully saturated rings. The number of fused-ring (bicyclic) bond motifs is 1. The molecule has 1 heterocycles. The molecule has 3 rings (SSSR count). The zero-order chi connectivity index (χ0) is 13.8. The standard InChI is InChI=1S/C17H15N3/c1-13-6-2-3-8-15(13)12-18-20-17-11-10-14-7-4-5-9-16(14)19-17/h2-12H,1H3,(H,19,20)/b18-12+. The Hall–Kier alpha value is -2.68. The van der Waals surface area contributed by atoms with Gasteiger partial charge in [0.25, 0.3) is 0 Å². The van der Waals surface area contributed by atoms with Gasteiger partial charge in [-0.1, -0.05) is 42.5 Å². The van der Waals surface area contributed by atoms with E-state index in [2.05, 4.69) is 28.5 Å². The van der Waals surface area contributed by atoms with Gasteiger partial charge in [-0.15, -0.1) is 0 Å². The van der Waals surface area contributed by atoms with Gasteiger partial charge in [-0.05, 0) is 36.2 Å². The second-order valence-electron chi connectivity index (χ2n) is 4.62. The molecule has 0 bridgehead atoms. The Morgan fingerprint density at radius 3 is 2.65 bits per heavy atom. The molecule has 0 aliphatic rings. The number of benzene rings is 2. The summed E-state index contributed by atoms with van der Waals surface area (Å²) in [5.74, 6) is 0.744. The van der Waals surface area contributed by atoms with Crippen molar-refractivity contribution in [3.63, 3.8) is 0 Å². The molecule has 0 atom stereocenters. The molecule has 0 saturated heterocycles. The maximum absolute atomic E-state index is 4.50. The predicted molar refractivity (Wildman–Crippen MR) is 84.1 cm³/mol. The number of hydrogen-bond acceptors (Lipinski definition) is 3. The summed E-state index contributed by atoms with van der Waals surface area (Å²) in [6, 6.07) is 20.1. The normalized spacial score (nSPS) is 11.1. The average Bonchev–Trinajstić information content (AvgIpc) is 2.49. The lowest BCUT2D eigenvalue weighted by atomic mass is 10.1. The van der Waals surface area contributed by atoms with Gasteiger partial charge < -0.3 is 0 Å². The fourth-order valence-electron chi connectivity index (χ4n) is 2.03. The Balaban J connectivity index is 1.78. The summed E-state index contributed by atoms with van der Waals surface area (Å²) in [5.41, 5.74) is 6.23. The van der Waals surface area contributed by atoms with Crippen molar-refractivity contribution < 1.29 is 0 Å². The fourth-order valence-corrected chi connectivity index (χ4v) is 2.03. The maximum Gasteiger partial charge on any atom is 0.146 e. The van der Waals surface area contributed by atoms with E-state index in [9.17, 15) is 0 Å². The molecule has 98 valence electrons. The number of para-hydroxylation sites is 1. The Kier molecular flexibility index (Phi) is 3.42. The first-order valence-electron chi connectivity index (χ1n) is 6.53. The molecule has 3 heteroatoms. The molecule has 0 aliphatic heterocycles. The minimum atomic E-state index is 0.744. The zero-order valence-electron chi connectivity index (χ0n) is 11.2. The van der Waals surface area contributed by atoms with E-state index < -0.39 is 0 Å². The van der Waals surface area contributed by atoms with Crippen LogP contribution in [0, 0.1) is 6.92 Å². The maximum atomic E-state index is 4.50. The van der Waals surface area contributed by atoms with Crippen molar-refractivity contribution in [1.82, 2.24) is 4.98 Å². The highest BCUT2D eigenvalue weighted by atomic mass is 15.3. The highest BCUT2D eigenvalue weighted by molar-refractivity contribution is 5.83. The summed E-state index contributed by atoms with van der Waals surface area (Å²) in [6.45, 7) is 2.07. The van der Waals surface area contributed by atoms with Crippen LogP contribution < -0.4 is 5.43 Å². The number of hydrazone groups is 1. The number of nitrogens with one attached hydrogen (secondary N) is 1. The first kappa shape index (κ1) is 12.4. The molecule has 0 saturated carbocycles. The molecule has 1 aromatic heterocycles. The van der Waals surface area contributed by atoms with Gasteiger partial charge in [0.05, 0.1) is 11.7 Å². The van der Waals surface area contributed by atoms with Crippen LogP contribution in [-0.2, 0) is 0 Å². The van der Waals surface area contributed by atoms with E-state index in [0.717, 1.165) is 22.3 Å². The number of anilines is 1. The molecule has 3 aromatic rings. The molecular weight excluding hydrogens is 246 g/mol. The van der Waals surface area contributed by atoms with Crippen LogP contribution in [0.25, 0.3) is 10.9 Å². The summed E-state index contributed by atoms with van der Waals surface area (Å²) in [4.78, 5) is 4.50. The van der Waals surface area contributed by atoms with Gasteiger partial charge in [-0.25, -0.2) is 4.98 Å². The van der Waals surface area contributed by atoms with E-state index in [1.54, 1.807) is 0 Å². The molecule has 20 heavy (non-hydrogen) atoms. The summed E-state index contributed by atoms with van der Waals surface area (Å²) in [7, 11) is 0. The van der Waals surface area contributed by atoms with Gasteiger partial charge in [0.1, 0.15) is 5.82 Å². The van der Waals surface area contributed by atoms with Crippen molar-refractivity contribution in [2.75, 3.05) is 5.43 Å². The minimum absolute atomic E-state index is 0.744. The lowest BCUT2D eigenvalue weighted by Gasteiger charge is -2.02. The summed E-state index contributed by atoms with van der Waals surface area (Å²) >= 11 is 0. The van der Waals surface area contributed by atoms with E-state index in [1.807, 2.05) is 60.8 Å². The second-order valence-corrected chi connectivity index (χ2v) is 4.62. The van der Waals surface area contributed by atoms with Crippen LogP contribution in [-0.4, -0.2) is 11.2 Å². The number of aryl methyl sites for hydroxylation is 1. The first-order chi connectivity index (χ1) is 9.83. The number of rotatable bonds is 3. The van der Waals surface area contributed by atoms with Crippen LogP contribution in [0.1, 0.15) is 11.1 Å². The predicted octanol–water partition coefficient (Wildman–Crippen LogP) is 3.99. The van der Waals surface area contributed by atoms with Crippen LogP contribution in [0.4, 0.5) is 5.82 Å². The monoisotopic (exact) mass is 261 g/mol. The van der Waals surface area contributed by atoms with E-state index in [-0.39, 0.29) is 0 Å². The lowest BCUT2D eigenvalue weighted by Crippen LogP contribution is -1.94. The molecule has 0 amide bonds. The van der Waals surface area contributed by atoms with Crippen molar-refractivity contribution in [2.24, 2.45) is 5.10 Å². The molecule has 0 spiro atoms. The van der Waals surface area contributed by atoms with Crippen LogP contribution >= 0.6 is 0 Å². The Bertz CT molecular complexity index is 763. The average molecular weight is 261 g/mol. The van der Waals surface area contributed by atoms with Crippen molar-refractivity contribution in [2.45, 2.75) is 6.92 Å². The smallest absolute Gasteiger partial charge is 0.146 e. The largest absolute Gasteiger partial charge is 0.261 e. The van der Waals surface area contributed by atoms with Crippen molar-refractivity contribution in [1.29, 1.82) is 0 Å². The van der Waals surface area contributed by atoms with E-state index in [1.165, 1.54) is 5.56 Å². The number of aromatic nitrogens is 1. The summed E-state index contributed by atoms with van der Waals surface area (Å²) in [6.07, 6.45) is 1.81. The molecule has 0 aliphatic carbocycles. The van der Waals surface area contributed by atoms with Gasteiger partial charge in [-0.2, -0.15) is 5.10 Å². The Morgan fingerprint density at radius 2 is 1.75 bits per heavy atom. The van der Waals surface area contributed by atoms with Gasteiger partial charge in [0.2, 0.25) is 0 Å². The zero-order valence-corrected chi connectivity index (χ0v) is 11.2. The molecule has 2 aromatic carbocycles. The lowest BCUT2D eigenvalue weighted by molar-refractivity contribution is 1.26. The van der Waals surface area contributed by atoms with Gasteiger partial charge in [-0.3, -0.25) is 5.43 Å².